The monoisotopic (exact) mass is 327 g/mol. The molecule has 0 aliphatic carbocycles. The molecule has 1 N–H and O–H groups in total. The Hall–Kier alpha value is -2.40. The first-order valence-corrected chi connectivity index (χ1v) is 8.21. The second-order valence-corrected chi connectivity index (χ2v) is 5.90. The number of hydrogen-bond donors (Lipinski definition) is 1. The van der Waals surface area contributed by atoms with Gasteiger partial charge in [0.2, 0.25) is 5.91 Å². The van der Waals surface area contributed by atoms with Crippen molar-refractivity contribution >= 4 is 11.6 Å². The number of likely N-dealkylation sites (N-methyl/N-ethyl adjacent to an activating group) is 1. The molecule has 5 heteroatoms. The lowest BCUT2D eigenvalue weighted by Gasteiger charge is -2.11. The first-order chi connectivity index (χ1) is 11.6. The van der Waals surface area contributed by atoms with Gasteiger partial charge in [0.15, 0.2) is 0 Å². The van der Waals surface area contributed by atoms with Crippen molar-refractivity contribution in [3.05, 3.63) is 54.4 Å². The molecule has 1 heterocycles. The van der Waals surface area contributed by atoms with E-state index < -0.39 is 0 Å². The van der Waals surface area contributed by atoms with Crippen LogP contribution in [0.25, 0.3) is 0 Å². The van der Waals surface area contributed by atoms with E-state index in [4.69, 9.17) is 4.74 Å². The molecule has 24 heavy (non-hydrogen) atoms. The summed E-state index contributed by atoms with van der Waals surface area (Å²) >= 11 is 0. The molecular formula is C19H25N3O2. The number of nitrogens with one attached hydrogen (secondary N) is 1. The Bertz CT molecular complexity index is 612. The van der Waals surface area contributed by atoms with Crippen LogP contribution in [0, 0.1) is 0 Å². The quantitative estimate of drug-likeness (QED) is 0.769. The maximum atomic E-state index is 12.0. The van der Waals surface area contributed by atoms with Gasteiger partial charge in [-0.05, 0) is 63.3 Å². The number of benzene rings is 1. The second kappa shape index (κ2) is 9.67. The number of hydrogen-bond acceptors (Lipinski definition) is 4. The zero-order valence-corrected chi connectivity index (χ0v) is 14.4. The summed E-state index contributed by atoms with van der Waals surface area (Å²) in [6, 6.07) is 13.3. The van der Waals surface area contributed by atoms with Crippen LogP contribution in [0.2, 0.25) is 0 Å². The molecule has 1 aromatic carbocycles. The molecule has 0 radical (unpaired) electrons. The summed E-state index contributed by atoms with van der Waals surface area (Å²) in [4.78, 5) is 18.3. The Morgan fingerprint density at radius 2 is 1.96 bits per heavy atom. The zero-order valence-electron chi connectivity index (χ0n) is 14.4. The van der Waals surface area contributed by atoms with E-state index >= 15 is 0 Å². The van der Waals surface area contributed by atoms with E-state index in [1.54, 1.807) is 6.20 Å². The number of anilines is 1. The fourth-order valence-electron chi connectivity index (χ4n) is 2.18. The third kappa shape index (κ3) is 6.79. The molecular weight excluding hydrogens is 302 g/mol. The summed E-state index contributed by atoms with van der Waals surface area (Å²) in [7, 11) is 4.02. The SMILES string of the molecule is CN(C)CCOc1ccc(NC(=O)CCCc2ccccn2)cc1. The van der Waals surface area contributed by atoms with Gasteiger partial charge < -0.3 is 15.0 Å². The molecule has 0 aliphatic heterocycles. The van der Waals surface area contributed by atoms with Gasteiger partial charge in [0.1, 0.15) is 12.4 Å². The van der Waals surface area contributed by atoms with Gasteiger partial charge in [0.05, 0.1) is 0 Å². The van der Waals surface area contributed by atoms with Crippen LogP contribution in [-0.2, 0) is 11.2 Å². The van der Waals surface area contributed by atoms with E-state index in [1.165, 1.54) is 0 Å². The second-order valence-electron chi connectivity index (χ2n) is 5.90. The molecule has 0 saturated heterocycles. The third-order valence-electron chi connectivity index (χ3n) is 3.51. The normalized spacial score (nSPS) is 10.6. The van der Waals surface area contributed by atoms with Gasteiger partial charge in [0.25, 0.3) is 0 Å². The standard InChI is InChI=1S/C19H25N3O2/c1-22(2)14-15-24-18-11-9-17(10-12-18)21-19(23)8-5-7-16-6-3-4-13-20-16/h3-4,6,9-13H,5,7-8,14-15H2,1-2H3,(H,21,23). The van der Waals surface area contributed by atoms with Crippen LogP contribution in [-0.4, -0.2) is 43.0 Å². The minimum absolute atomic E-state index is 0.0206. The fourth-order valence-corrected chi connectivity index (χ4v) is 2.18. The lowest BCUT2D eigenvalue weighted by molar-refractivity contribution is -0.116. The highest BCUT2D eigenvalue weighted by atomic mass is 16.5. The number of amides is 1. The largest absolute Gasteiger partial charge is 0.492 e. The van der Waals surface area contributed by atoms with Crippen molar-refractivity contribution in [3.8, 4) is 5.75 Å². The molecule has 0 atom stereocenters. The van der Waals surface area contributed by atoms with Crippen LogP contribution < -0.4 is 10.1 Å². The van der Waals surface area contributed by atoms with E-state index in [0.717, 1.165) is 36.5 Å². The van der Waals surface area contributed by atoms with Crippen LogP contribution >= 0.6 is 0 Å². The number of aromatic nitrogens is 1. The highest BCUT2D eigenvalue weighted by Gasteiger charge is 2.04. The average molecular weight is 327 g/mol. The molecule has 2 aromatic rings. The smallest absolute Gasteiger partial charge is 0.224 e. The Labute approximate surface area is 143 Å². The van der Waals surface area contributed by atoms with Gasteiger partial charge in [-0.3, -0.25) is 9.78 Å². The Morgan fingerprint density at radius 3 is 2.62 bits per heavy atom. The van der Waals surface area contributed by atoms with Crippen molar-refractivity contribution in [2.75, 3.05) is 32.6 Å². The number of carbonyl (C=O) groups is 1. The summed E-state index contributed by atoms with van der Waals surface area (Å²) in [6.45, 7) is 1.51. The molecule has 2 rings (SSSR count). The molecule has 0 unspecified atom stereocenters. The summed E-state index contributed by atoms with van der Waals surface area (Å²) in [5.41, 5.74) is 1.81. The van der Waals surface area contributed by atoms with Gasteiger partial charge in [-0.1, -0.05) is 6.07 Å². The van der Waals surface area contributed by atoms with Crippen molar-refractivity contribution in [1.82, 2.24) is 9.88 Å². The third-order valence-corrected chi connectivity index (χ3v) is 3.51. The van der Waals surface area contributed by atoms with Gasteiger partial charge in [-0.15, -0.1) is 0 Å². The molecule has 1 aromatic heterocycles. The number of aryl methyl sites for hydroxylation is 1. The maximum Gasteiger partial charge on any atom is 0.224 e. The molecule has 0 aliphatic rings. The number of pyridine rings is 1. The molecule has 1 amide bonds. The van der Waals surface area contributed by atoms with Gasteiger partial charge in [-0.25, -0.2) is 0 Å². The Balaban J connectivity index is 1.69. The fraction of sp³-hybridized carbons (Fsp3) is 0.368. The predicted molar refractivity (Wildman–Crippen MR) is 96.3 cm³/mol. The van der Waals surface area contributed by atoms with E-state index in [-0.39, 0.29) is 5.91 Å². The maximum absolute atomic E-state index is 12.0. The Morgan fingerprint density at radius 1 is 1.17 bits per heavy atom. The molecule has 0 bridgehead atoms. The number of ether oxygens (including phenoxy) is 1. The lowest BCUT2D eigenvalue weighted by Crippen LogP contribution is -2.19. The minimum Gasteiger partial charge on any atom is -0.492 e. The zero-order chi connectivity index (χ0) is 17.2. The number of carbonyl (C=O) groups excluding carboxylic acids is 1. The van der Waals surface area contributed by atoms with Gasteiger partial charge in [0, 0.05) is 30.5 Å². The summed E-state index contributed by atoms with van der Waals surface area (Å²) in [5.74, 6) is 0.831. The molecule has 0 fully saturated rings. The van der Waals surface area contributed by atoms with Gasteiger partial charge >= 0.3 is 0 Å². The number of rotatable bonds is 9. The van der Waals surface area contributed by atoms with Crippen molar-refractivity contribution < 1.29 is 9.53 Å². The van der Waals surface area contributed by atoms with E-state index in [2.05, 4.69) is 15.2 Å². The first kappa shape index (κ1) is 17.9. The van der Waals surface area contributed by atoms with Crippen molar-refractivity contribution in [2.45, 2.75) is 19.3 Å². The van der Waals surface area contributed by atoms with E-state index in [9.17, 15) is 4.79 Å². The van der Waals surface area contributed by atoms with Crippen LogP contribution in [0.15, 0.2) is 48.7 Å². The minimum atomic E-state index is 0.0206. The van der Waals surface area contributed by atoms with E-state index in [0.29, 0.717) is 13.0 Å². The van der Waals surface area contributed by atoms with Crippen LogP contribution in [0.1, 0.15) is 18.5 Å². The summed E-state index contributed by atoms with van der Waals surface area (Å²) < 4.78 is 5.63. The van der Waals surface area contributed by atoms with Crippen LogP contribution in [0.3, 0.4) is 0 Å². The molecule has 128 valence electrons. The van der Waals surface area contributed by atoms with Gasteiger partial charge in [-0.2, -0.15) is 0 Å². The summed E-state index contributed by atoms with van der Waals surface area (Å²) in [6.07, 6.45) is 3.86. The van der Waals surface area contributed by atoms with Crippen LogP contribution in [0.4, 0.5) is 5.69 Å². The lowest BCUT2D eigenvalue weighted by atomic mass is 10.1. The first-order valence-electron chi connectivity index (χ1n) is 8.21. The summed E-state index contributed by atoms with van der Waals surface area (Å²) in [5, 5.41) is 2.91. The number of nitrogens with zero attached hydrogens (tertiary/aromatic N) is 2. The highest BCUT2D eigenvalue weighted by Crippen LogP contribution is 2.16. The molecule has 0 saturated carbocycles. The predicted octanol–water partition coefficient (Wildman–Crippen LogP) is 2.98. The van der Waals surface area contributed by atoms with Crippen molar-refractivity contribution in [1.29, 1.82) is 0 Å². The average Bonchev–Trinajstić information content (AvgIpc) is 2.57. The molecule has 0 spiro atoms. The topological polar surface area (TPSA) is 54.5 Å². The van der Waals surface area contributed by atoms with Crippen LogP contribution in [0.5, 0.6) is 5.75 Å². The Kier molecular flexibility index (Phi) is 7.23. The van der Waals surface area contributed by atoms with E-state index in [1.807, 2.05) is 56.6 Å². The molecule has 5 nitrogen and oxygen atoms in total. The van der Waals surface area contributed by atoms with Crippen molar-refractivity contribution in [2.24, 2.45) is 0 Å². The van der Waals surface area contributed by atoms with Crippen molar-refractivity contribution in [3.63, 3.8) is 0 Å². The highest BCUT2D eigenvalue weighted by molar-refractivity contribution is 5.90.